The number of aryl methyl sites for hydroxylation is 2. The Balaban J connectivity index is 1.08. The summed E-state index contributed by atoms with van der Waals surface area (Å²) in [7, 11) is 8.32. The summed E-state index contributed by atoms with van der Waals surface area (Å²) in [6.07, 6.45) is 13.9. The third kappa shape index (κ3) is 7.57. The van der Waals surface area contributed by atoms with Gasteiger partial charge in [-0.15, -0.1) is 0 Å². The highest BCUT2D eigenvalue weighted by Gasteiger charge is 2.19. The zero-order valence-electron chi connectivity index (χ0n) is 27.4. The smallest absolute Gasteiger partial charge is 0.262 e. The van der Waals surface area contributed by atoms with Gasteiger partial charge in [0, 0.05) is 76.7 Å². The fourth-order valence-corrected chi connectivity index (χ4v) is 7.99. The van der Waals surface area contributed by atoms with E-state index in [4.69, 9.17) is 0 Å². The van der Waals surface area contributed by atoms with Crippen LogP contribution in [0.1, 0.15) is 46.8 Å². The van der Waals surface area contributed by atoms with E-state index < -0.39 is 0 Å². The molecule has 0 aliphatic rings. The average Bonchev–Trinajstić information content (AvgIpc) is 3.62. The minimum absolute atomic E-state index is 1.04. The molecular weight excluding hydrogens is 601 g/mol. The summed E-state index contributed by atoms with van der Waals surface area (Å²) in [5, 5.41) is 2.62. The van der Waals surface area contributed by atoms with Crippen LogP contribution in [0, 0.1) is 0 Å². The molecular formula is C40H44N4S2+2. The fourth-order valence-electron chi connectivity index (χ4n) is 5.81. The molecule has 0 N–H and O–H groups in total. The summed E-state index contributed by atoms with van der Waals surface area (Å²) in [5.74, 6) is 0. The highest BCUT2D eigenvalue weighted by atomic mass is 32.1. The van der Waals surface area contributed by atoms with Crippen LogP contribution >= 0.6 is 22.7 Å². The summed E-state index contributed by atoms with van der Waals surface area (Å²) in [6.45, 7) is 2.08. The van der Waals surface area contributed by atoms with Crippen molar-refractivity contribution in [3.63, 3.8) is 0 Å². The Morgan fingerprint density at radius 1 is 0.478 bits per heavy atom. The second kappa shape index (κ2) is 14.9. The highest BCUT2D eigenvalue weighted by molar-refractivity contribution is 7.19. The number of thiazole rings is 2. The van der Waals surface area contributed by atoms with E-state index in [1.807, 2.05) is 22.7 Å². The molecule has 0 saturated carbocycles. The lowest BCUT2D eigenvalue weighted by Gasteiger charge is -2.11. The number of hydrogen-bond acceptors (Lipinski definition) is 4. The first-order chi connectivity index (χ1) is 22.5. The minimum Gasteiger partial charge on any atom is -0.378 e. The van der Waals surface area contributed by atoms with Crippen molar-refractivity contribution in [1.29, 1.82) is 0 Å². The van der Waals surface area contributed by atoms with Gasteiger partial charge in [-0.25, -0.2) is 0 Å². The van der Waals surface area contributed by atoms with Crippen LogP contribution in [-0.2, 0) is 13.1 Å². The van der Waals surface area contributed by atoms with Gasteiger partial charge in [0.05, 0.1) is 0 Å². The standard InChI is InChI=1S/C40H44N4S2/c1-41(2)33-23-17-31(18-24-33)21-27-39-43(35-13-7-9-15-37(35)45-39)29-11-5-6-12-30-44-36-14-8-10-16-38(36)46-40(44)28-22-32-19-25-34(26-20-32)42(3)4/h7-10,13-28H,5-6,11-12,29-30H2,1-4H3/q+2. The molecule has 0 aliphatic heterocycles. The van der Waals surface area contributed by atoms with E-state index in [2.05, 4.69) is 168 Å². The molecule has 0 amide bonds. The Labute approximate surface area is 281 Å². The second-order valence-corrected chi connectivity index (χ2v) is 14.3. The Hall–Kier alpha value is -4.26. The van der Waals surface area contributed by atoms with E-state index in [1.165, 1.54) is 78.6 Å². The van der Waals surface area contributed by atoms with Gasteiger partial charge in [-0.1, -0.05) is 71.2 Å². The number of nitrogens with zero attached hydrogens (tertiary/aromatic N) is 4. The maximum atomic E-state index is 2.51. The summed E-state index contributed by atoms with van der Waals surface area (Å²) in [4.78, 5) is 4.27. The van der Waals surface area contributed by atoms with Gasteiger partial charge in [0.25, 0.3) is 10.0 Å². The van der Waals surface area contributed by atoms with Gasteiger partial charge in [0.1, 0.15) is 9.40 Å². The number of para-hydroxylation sites is 2. The Morgan fingerprint density at radius 2 is 0.870 bits per heavy atom. The van der Waals surface area contributed by atoms with Gasteiger partial charge in [-0.2, -0.15) is 9.13 Å². The molecule has 4 aromatic carbocycles. The largest absolute Gasteiger partial charge is 0.378 e. The van der Waals surface area contributed by atoms with Crippen LogP contribution < -0.4 is 18.9 Å². The zero-order chi connectivity index (χ0) is 31.9. The van der Waals surface area contributed by atoms with E-state index in [-0.39, 0.29) is 0 Å². The van der Waals surface area contributed by atoms with Crippen molar-refractivity contribution in [3.05, 3.63) is 118 Å². The maximum Gasteiger partial charge on any atom is 0.262 e. The predicted molar refractivity (Wildman–Crippen MR) is 202 cm³/mol. The quantitative estimate of drug-likeness (QED) is 0.0919. The van der Waals surface area contributed by atoms with Crippen molar-refractivity contribution in [1.82, 2.24) is 0 Å². The summed E-state index contributed by atoms with van der Waals surface area (Å²) >= 11 is 3.76. The average molecular weight is 645 g/mol. The van der Waals surface area contributed by atoms with Crippen molar-refractivity contribution in [2.45, 2.75) is 38.8 Å². The van der Waals surface area contributed by atoms with E-state index in [0.29, 0.717) is 0 Å². The number of rotatable bonds is 13. The third-order valence-electron chi connectivity index (χ3n) is 8.44. The van der Waals surface area contributed by atoms with Crippen molar-refractivity contribution < 1.29 is 9.13 Å². The van der Waals surface area contributed by atoms with Gasteiger partial charge in [0.15, 0.2) is 13.1 Å². The zero-order valence-corrected chi connectivity index (χ0v) is 29.0. The second-order valence-electron chi connectivity index (χ2n) is 12.2. The van der Waals surface area contributed by atoms with Crippen LogP contribution in [0.25, 0.3) is 44.7 Å². The first kappa shape index (κ1) is 31.7. The Bertz CT molecular complexity index is 1800. The number of aromatic nitrogens is 2. The fraction of sp³-hybridized carbons (Fsp3) is 0.250. The molecule has 0 spiro atoms. The molecule has 0 saturated heterocycles. The van der Waals surface area contributed by atoms with Gasteiger partial charge in [-0.3, -0.25) is 0 Å². The SMILES string of the molecule is CN(C)c1ccc(/C=C/c2sc3ccccc3[n+]2CCCCCC[n+]2c(/C=C/c3ccc(N(C)C)cc3)sc3ccccc32)cc1. The lowest BCUT2D eigenvalue weighted by atomic mass is 10.1. The van der Waals surface area contributed by atoms with Crippen LogP contribution in [0.15, 0.2) is 97.1 Å². The third-order valence-corrected chi connectivity index (χ3v) is 10.7. The molecule has 46 heavy (non-hydrogen) atoms. The number of anilines is 2. The molecule has 234 valence electrons. The van der Waals surface area contributed by atoms with Crippen LogP contribution in [0.4, 0.5) is 11.4 Å². The predicted octanol–water partition coefficient (Wildman–Crippen LogP) is 9.42. The van der Waals surface area contributed by atoms with Gasteiger partial charge < -0.3 is 9.80 Å². The Morgan fingerprint density at radius 3 is 1.26 bits per heavy atom. The van der Waals surface area contributed by atoms with Crippen LogP contribution in [0.3, 0.4) is 0 Å². The minimum atomic E-state index is 1.04. The van der Waals surface area contributed by atoms with Crippen molar-refractivity contribution in [2.75, 3.05) is 38.0 Å². The first-order valence-electron chi connectivity index (χ1n) is 16.2. The molecule has 0 atom stereocenters. The first-order valence-corrected chi connectivity index (χ1v) is 17.8. The van der Waals surface area contributed by atoms with Gasteiger partial charge >= 0.3 is 0 Å². The molecule has 0 fully saturated rings. The van der Waals surface area contributed by atoms with Gasteiger partial charge in [-0.05, 0) is 72.5 Å². The van der Waals surface area contributed by atoms with Crippen LogP contribution in [0.2, 0.25) is 0 Å². The Kier molecular flexibility index (Phi) is 10.3. The molecule has 2 heterocycles. The van der Waals surface area contributed by atoms with Crippen molar-refractivity contribution in [3.8, 4) is 0 Å². The summed E-state index contributed by atoms with van der Waals surface area (Å²) < 4.78 is 7.72. The molecule has 4 nitrogen and oxygen atoms in total. The van der Waals surface area contributed by atoms with E-state index >= 15 is 0 Å². The van der Waals surface area contributed by atoms with Crippen LogP contribution in [0.5, 0.6) is 0 Å². The lowest BCUT2D eigenvalue weighted by Crippen LogP contribution is -2.35. The number of hydrogen-bond donors (Lipinski definition) is 0. The van der Waals surface area contributed by atoms with E-state index in [0.717, 1.165) is 13.1 Å². The monoisotopic (exact) mass is 644 g/mol. The van der Waals surface area contributed by atoms with Crippen molar-refractivity contribution in [2.24, 2.45) is 0 Å². The molecule has 0 radical (unpaired) electrons. The molecule has 0 aliphatic carbocycles. The summed E-state index contributed by atoms with van der Waals surface area (Å²) in [5.41, 5.74) is 7.57. The molecule has 6 rings (SSSR count). The normalized spacial score (nSPS) is 11.8. The van der Waals surface area contributed by atoms with E-state index in [1.54, 1.807) is 0 Å². The van der Waals surface area contributed by atoms with Crippen molar-refractivity contribution >= 4 is 78.8 Å². The topological polar surface area (TPSA) is 14.2 Å². The number of benzene rings is 4. The lowest BCUT2D eigenvalue weighted by molar-refractivity contribution is -0.670. The summed E-state index contributed by atoms with van der Waals surface area (Å²) in [6, 6.07) is 35.1. The molecule has 6 heteroatoms. The van der Waals surface area contributed by atoms with E-state index in [9.17, 15) is 0 Å². The maximum absolute atomic E-state index is 2.51. The number of fused-ring (bicyclic) bond motifs is 2. The highest BCUT2D eigenvalue weighted by Crippen LogP contribution is 2.25. The van der Waals surface area contributed by atoms with Gasteiger partial charge in [0.2, 0.25) is 11.0 Å². The number of unbranched alkanes of at least 4 members (excludes halogenated alkanes) is 3. The molecule has 0 unspecified atom stereocenters. The molecule has 6 aromatic rings. The molecule has 2 aromatic heterocycles. The molecule has 0 bridgehead atoms. The van der Waals surface area contributed by atoms with Crippen LogP contribution in [-0.4, -0.2) is 28.2 Å².